The predicted octanol–water partition coefficient (Wildman–Crippen LogP) is 2.05. The summed E-state index contributed by atoms with van der Waals surface area (Å²) in [6, 6.07) is 13.3. The Morgan fingerprint density at radius 1 is 1.00 bits per heavy atom. The van der Waals surface area contributed by atoms with Crippen molar-refractivity contribution < 1.29 is 27.4 Å². The Hall–Kier alpha value is -2.78. The largest absolute Gasteiger partial charge is 0.497 e. The number of hydrogen-bond acceptors (Lipinski definition) is 6. The zero-order valence-corrected chi connectivity index (χ0v) is 17.7. The molecule has 162 valence electrons. The van der Waals surface area contributed by atoms with Crippen LogP contribution in [0.25, 0.3) is 0 Å². The minimum atomic E-state index is -3.43. The number of hydrogen-bond donors (Lipinski definition) is 1. The number of methoxy groups -OCH3 is 1. The van der Waals surface area contributed by atoms with Crippen molar-refractivity contribution in [1.82, 2.24) is 9.62 Å². The Labute approximate surface area is 176 Å². The summed E-state index contributed by atoms with van der Waals surface area (Å²) in [6.45, 7) is 1.58. The molecule has 0 unspecified atom stereocenters. The Balaban J connectivity index is 1.38. The van der Waals surface area contributed by atoms with E-state index in [-0.39, 0.29) is 24.0 Å². The smallest absolute Gasteiger partial charge is 0.258 e. The third-order valence-corrected chi connectivity index (χ3v) is 6.54. The molecule has 1 N–H and O–H groups in total. The van der Waals surface area contributed by atoms with Gasteiger partial charge in [-0.3, -0.25) is 4.79 Å². The molecule has 0 radical (unpaired) electrons. The van der Waals surface area contributed by atoms with Crippen molar-refractivity contribution in [3.63, 3.8) is 0 Å². The molecule has 0 bridgehead atoms. The zero-order valence-electron chi connectivity index (χ0n) is 16.9. The summed E-state index contributed by atoms with van der Waals surface area (Å²) in [5, 5.41) is 2.70. The van der Waals surface area contributed by atoms with Crippen molar-refractivity contribution in [2.45, 2.75) is 17.7 Å². The van der Waals surface area contributed by atoms with Crippen LogP contribution >= 0.6 is 0 Å². The molecule has 1 aliphatic heterocycles. The van der Waals surface area contributed by atoms with Crippen molar-refractivity contribution in [3.8, 4) is 17.2 Å². The molecule has 3 rings (SSSR count). The molecule has 1 saturated heterocycles. The summed E-state index contributed by atoms with van der Waals surface area (Å²) in [5.41, 5.74) is 0. The maximum atomic E-state index is 12.5. The van der Waals surface area contributed by atoms with Crippen molar-refractivity contribution in [3.05, 3.63) is 48.5 Å². The minimum Gasteiger partial charge on any atom is -0.497 e. The molecular weight excluding hydrogens is 408 g/mol. The summed E-state index contributed by atoms with van der Waals surface area (Å²) in [6.07, 6.45) is 1.80. The fraction of sp³-hybridized carbons (Fsp3) is 0.381. The lowest BCUT2D eigenvalue weighted by Crippen LogP contribution is -2.32. The van der Waals surface area contributed by atoms with Gasteiger partial charge in [0.15, 0.2) is 6.61 Å². The number of rotatable bonds is 10. The average Bonchev–Trinajstić information content (AvgIpc) is 3.32. The first-order valence-electron chi connectivity index (χ1n) is 9.75. The molecule has 30 heavy (non-hydrogen) atoms. The summed E-state index contributed by atoms with van der Waals surface area (Å²) in [5.74, 6) is 1.47. The van der Waals surface area contributed by atoms with Crippen LogP contribution < -0.4 is 19.5 Å². The molecular formula is C21H26N2O6S. The predicted molar refractivity (Wildman–Crippen MR) is 111 cm³/mol. The summed E-state index contributed by atoms with van der Waals surface area (Å²) in [7, 11) is -1.87. The van der Waals surface area contributed by atoms with E-state index >= 15 is 0 Å². The lowest BCUT2D eigenvalue weighted by molar-refractivity contribution is -0.123. The lowest BCUT2D eigenvalue weighted by Gasteiger charge is -2.15. The Morgan fingerprint density at radius 2 is 1.70 bits per heavy atom. The van der Waals surface area contributed by atoms with Crippen LogP contribution in [0.2, 0.25) is 0 Å². The number of sulfonamides is 1. The lowest BCUT2D eigenvalue weighted by atomic mass is 10.3. The maximum absolute atomic E-state index is 12.5. The van der Waals surface area contributed by atoms with E-state index in [1.165, 1.54) is 4.31 Å². The summed E-state index contributed by atoms with van der Waals surface area (Å²) in [4.78, 5) is 12.1. The molecule has 2 aromatic rings. The highest BCUT2D eigenvalue weighted by Gasteiger charge is 2.26. The van der Waals surface area contributed by atoms with E-state index in [0.717, 1.165) is 12.8 Å². The number of carbonyl (C=O) groups is 1. The zero-order chi connectivity index (χ0) is 21.4. The SMILES string of the molecule is COc1cccc(OCC(=O)NCCOc2ccc(S(=O)(=O)N3CCCC3)cc2)c1. The first-order chi connectivity index (χ1) is 14.5. The van der Waals surface area contributed by atoms with Crippen LogP contribution in [0, 0.1) is 0 Å². The number of benzene rings is 2. The molecule has 0 atom stereocenters. The molecule has 2 aromatic carbocycles. The molecule has 0 spiro atoms. The molecule has 0 aromatic heterocycles. The molecule has 1 amide bonds. The van der Waals surface area contributed by atoms with E-state index < -0.39 is 10.0 Å². The van der Waals surface area contributed by atoms with Crippen LogP contribution in [0.1, 0.15) is 12.8 Å². The highest BCUT2D eigenvalue weighted by molar-refractivity contribution is 7.89. The quantitative estimate of drug-likeness (QED) is 0.575. The number of nitrogens with zero attached hydrogens (tertiary/aromatic N) is 1. The Kier molecular flexibility index (Phi) is 7.53. The van der Waals surface area contributed by atoms with Crippen LogP contribution in [0.4, 0.5) is 0 Å². The monoisotopic (exact) mass is 434 g/mol. The molecule has 1 heterocycles. The first-order valence-corrected chi connectivity index (χ1v) is 11.2. The highest BCUT2D eigenvalue weighted by Crippen LogP contribution is 2.23. The van der Waals surface area contributed by atoms with Gasteiger partial charge < -0.3 is 19.5 Å². The number of carbonyl (C=O) groups excluding carboxylic acids is 1. The van der Waals surface area contributed by atoms with Gasteiger partial charge in [-0.2, -0.15) is 4.31 Å². The van der Waals surface area contributed by atoms with Gasteiger partial charge in [-0.05, 0) is 49.2 Å². The topological polar surface area (TPSA) is 94.2 Å². The van der Waals surface area contributed by atoms with Crippen molar-refractivity contribution in [2.75, 3.05) is 40.0 Å². The number of amides is 1. The van der Waals surface area contributed by atoms with Gasteiger partial charge in [0.05, 0.1) is 18.6 Å². The van der Waals surface area contributed by atoms with Crippen LogP contribution in [0.15, 0.2) is 53.4 Å². The van der Waals surface area contributed by atoms with E-state index in [0.29, 0.717) is 36.9 Å². The van der Waals surface area contributed by atoms with Gasteiger partial charge in [0, 0.05) is 19.2 Å². The van der Waals surface area contributed by atoms with Gasteiger partial charge in [-0.1, -0.05) is 6.07 Å². The minimum absolute atomic E-state index is 0.115. The van der Waals surface area contributed by atoms with Crippen molar-refractivity contribution in [2.24, 2.45) is 0 Å². The third-order valence-electron chi connectivity index (χ3n) is 4.63. The second-order valence-corrected chi connectivity index (χ2v) is 8.69. The summed E-state index contributed by atoms with van der Waals surface area (Å²) >= 11 is 0. The normalized spacial score (nSPS) is 14.3. The molecule has 0 saturated carbocycles. The van der Waals surface area contributed by atoms with E-state index in [1.807, 2.05) is 0 Å². The van der Waals surface area contributed by atoms with Gasteiger partial charge >= 0.3 is 0 Å². The van der Waals surface area contributed by atoms with E-state index in [9.17, 15) is 13.2 Å². The summed E-state index contributed by atoms with van der Waals surface area (Å²) < 4.78 is 42.6. The van der Waals surface area contributed by atoms with E-state index in [2.05, 4.69) is 5.32 Å². The molecule has 1 fully saturated rings. The van der Waals surface area contributed by atoms with Crippen LogP contribution in [0.3, 0.4) is 0 Å². The van der Waals surface area contributed by atoms with Gasteiger partial charge in [0.25, 0.3) is 5.91 Å². The van der Waals surface area contributed by atoms with Gasteiger partial charge in [0.2, 0.25) is 10.0 Å². The average molecular weight is 435 g/mol. The Bertz CT molecular complexity index is 940. The first kappa shape index (κ1) is 21.9. The standard InChI is InChI=1S/C21H26N2O6S/c1-27-18-5-4-6-19(15-18)29-16-21(24)22-11-14-28-17-7-9-20(10-8-17)30(25,26)23-12-2-3-13-23/h4-10,15H,2-3,11-14,16H2,1H3,(H,22,24). The van der Waals surface area contributed by atoms with Crippen LogP contribution in [0.5, 0.6) is 17.2 Å². The fourth-order valence-electron chi connectivity index (χ4n) is 3.04. The molecule has 8 nitrogen and oxygen atoms in total. The van der Waals surface area contributed by atoms with Gasteiger partial charge in [0.1, 0.15) is 23.9 Å². The third kappa shape index (κ3) is 5.87. The van der Waals surface area contributed by atoms with E-state index in [4.69, 9.17) is 14.2 Å². The number of ether oxygens (including phenoxy) is 3. The van der Waals surface area contributed by atoms with Gasteiger partial charge in [-0.25, -0.2) is 8.42 Å². The van der Waals surface area contributed by atoms with Gasteiger partial charge in [-0.15, -0.1) is 0 Å². The fourth-order valence-corrected chi connectivity index (χ4v) is 4.55. The number of nitrogens with one attached hydrogen (secondary N) is 1. The molecule has 9 heteroatoms. The van der Waals surface area contributed by atoms with E-state index in [1.54, 1.807) is 55.6 Å². The highest BCUT2D eigenvalue weighted by atomic mass is 32.2. The maximum Gasteiger partial charge on any atom is 0.258 e. The van der Waals surface area contributed by atoms with Crippen LogP contribution in [-0.4, -0.2) is 58.6 Å². The van der Waals surface area contributed by atoms with Crippen molar-refractivity contribution in [1.29, 1.82) is 0 Å². The molecule has 1 aliphatic rings. The van der Waals surface area contributed by atoms with Crippen LogP contribution in [-0.2, 0) is 14.8 Å². The molecule has 0 aliphatic carbocycles. The second-order valence-electron chi connectivity index (χ2n) is 6.75. The Morgan fingerprint density at radius 3 is 2.40 bits per heavy atom. The second kappa shape index (κ2) is 10.3. The van der Waals surface area contributed by atoms with Crippen molar-refractivity contribution >= 4 is 15.9 Å².